The van der Waals surface area contributed by atoms with Gasteiger partial charge in [-0.1, -0.05) is 54.1 Å². The van der Waals surface area contributed by atoms with Crippen LogP contribution in [0.25, 0.3) is 10.8 Å². The fourth-order valence-corrected chi connectivity index (χ4v) is 5.05. The molecule has 30 heavy (non-hydrogen) atoms. The Bertz CT molecular complexity index is 1250. The molecule has 3 amide bonds. The molecule has 0 saturated carbocycles. The second-order valence-electron chi connectivity index (χ2n) is 7.31. The maximum atomic E-state index is 13.2. The number of nitrogens with one attached hydrogen (secondary N) is 1. The van der Waals surface area contributed by atoms with Crippen LogP contribution in [-0.4, -0.2) is 37.6 Å². The van der Waals surface area contributed by atoms with Crippen LogP contribution in [0.2, 0.25) is 5.02 Å². The lowest BCUT2D eigenvalue weighted by molar-refractivity contribution is -0.130. The zero-order valence-electron chi connectivity index (χ0n) is 16.1. The van der Waals surface area contributed by atoms with Gasteiger partial charge < -0.3 is 5.32 Å². The Kier molecular flexibility index (Phi) is 5.03. The van der Waals surface area contributed by atoms with Crippen molar-refractivity contribution in [2.24, 2.45) is 0 Å². The summed E-state index contributed by atoms with van der Waals surface area (Å²) in [7, 11) is -3.68. The van der Waals surface area contributed by atoms with E-state index in [1.807, 2.05) is 36.4 Å². The standard InChI is InChI=1S/C22H19ClN2O4S/c1-22(19-8-4-6-15-5-2-3-7-18(15)19)20(26)25(21(27)24-22)13-14-30(28,29)17-11-9-16(23)10-12-17/h2-12H,13-14H2,1H3,(H,24,27)/t22-/m0/s1. The first-order valence-electron chi connectivity index (χ1n) is 9.33. The highest BCUT2D eigenvalue weighted by atomic mass is 35.5. The molecule has 3 aromatic rings. The van der Waals surface area contributed by atoms with Crippen molar-refractivity contribution in [2.75, 3.05) is 12.3 Å². The first-order valence-corrected chi connectivity index (χ1v) is 11.4. The number of rotatable bonds is 5. The van der Waals surface area contributed by atoms with Gasteiger partial charge in [0.2, 0.25) is 0 Å². The van der Waals surface area contributed by atoms with E-state index in [0.29, 0.717) is 10.6 Å². The van der Waals surface area contributed by atoms with Crippen LogP contribution >= 0.6 is 11.6 Å². The van der Waals surface area contributed by atoms with Gasteiger partial charge in [0.05, 0.1) is 10.6 Å². The van der Waals surface area contributed by atoms with Crippen LogP contribution in [0.3, 0.4) is 0 Å². The van der Waals surface area contributed by atoms with E-state index < -0.39 is 27.3 Å². The van der Waals surface area contributed by atoms with Crippen LogP contribution in [0, 0.1) is 0 Å². The van der Waals surface area contributed by atoms with Gasteiger partial charge in [0.1, 0.15) is 5.54 Å². The number of carbonyl (C=O) groups excluding carboxylic acids is 2. The molecular weight excluding hydrogens is 424 g/mol. The average Bonchev–Trinajstić information content (AvgIpc) is 2.95. The molecule has 4 rings (SSSR count). The zero-order valence-corrected chi connectivity index (χ0v) is 17.7. The second kappa shape index (κ2) is 7.41. The molecule has 0 aromatic heterocycles. The lowest BCUT2D eigenvalue weighted by Crippen LogP contribution is -2.41. The van der Waals surface area contributed by atoms with Crippen LogP contribution in [0.4, 0.5) is 4.79 Å². The summed E-state index contributed by atoms with van der Waals surface area (Å²) in [5.41, 5.74) is -0.607. The summed E-state index contributed by atoms with van der Waals surface area (Å²) in [6.45, 7) is 1.40. The number of carbonyl (C=O) groups is 2. The number of halogens is 1. The fraction of sp³-hybridized carbons (Fsp3) is 0.182. The van der Waals surface area contributed by atoms with E-state index in [2.05, 4.69) is 5.32 Å². The third kappa shape index (κ3) is 3.44. The lowest BCUT2D eigenvalue weighted by atomic mass is 9.88. The lowest BCUT2D eigenvalue weighted by Gasteiger charge is -2.24. The molecule has 3 aromatic carbocycles. The minimum atomic E-state index is -3.68. The van der Waals surface area contributed by atoms with Gasteiger partial charge in [0.25, 0.3) is 5.91 Å². The van der Waals surface area contributed by atoms with E-state index >= 15 is 0 Å². The Balaban J connectivity index is 1.60. The molecule has 0 bridgehead atoms. The van der Waals surface area contributed by atoms with Crippen molar-refractivity contribution < 1.29 is 18.0 Å². The number of hydrogen-bond acceptors (Lipinski definition) is 4. The highest BCUT2D eigenvalue weighted by Gasteiger charge is 2.49. The maximum Gasteiger partial charge on any atom is 0.325 e. The van der Waals surface area contributed by atoms with Gasteiger partial charge in [-0.05, 0) is 47.5 Å². The third-order valence-electron chi connectivity index (χ3n) is 5.36. The van der Waals surface area contributed by atoms with Gasteiger partial charge in [-0.2, -0.15) is 0 Å². The molecule has 1 heterocycles. The molecule has 0 aliphatic carbocycles. The SMILES string of the molecule is C[C@@]1(c2cccc3ccccc23)NC(=O)N(CCS(=O)(=O)c2ccc(Cl)cc2)C1=O. The number of amides is 3. The second-order valence-corrected chi connectivity index (χ2v) is 9.86. The largest absolute Gasteiger partial charge is 0.325 e. The van der Waals surface area contributed by atoms with Gasteiger partial charge in [-0.25, -0.2) is 13.2 Å². The normalized spacial score (nSPS) is 19.3. The first-order chi connectivity index (χ1) is 14.2. The Morgan fingerprint density at radius 3 is 2.37 bits per heavy atom. The summed E-state index contributed by atoms with van der Waals surface area (Å²) < 4.78 is 25.2. The summed E-state index contributed by atoms with van der Waals surface area (Å²) in [6.07, 6.45) is 0. The molecule has 1 atom stereocenters. The number of imide groups is 1. The number of benzene rings is 3. The molecule has 1 fully saturated rings. The molecule has 154 valence electrons. The Hall–Kier alpha value is -2.90. The van der Waals surface area contributed by atoms with Gasteiger partial charge >= 0.3 is 6.03 Å². The van der Waals surface area contributed by atoms with E-state index in [1.54, 1.807) is 13.0 Å². The van der Waals surface area contributed by atoms with Gasteiger partial charge in [-0.3, -0.25) is 9.69 Å². The smallest absolute Gasteiger partial charge is 0.319 e. The van der Waals surface area contributed by atoms with Crippen LogP contribution in [0.15, 0.2) is 71.6 Å². The molecule has 1 N–H and O–H groups in total. The number of sulfone groups is 1. The summed E-state index contributed by atoms with van der Waals surface area (Å²) in [6, 6.07) is 18.3. The van der Waals surface area contributed by atoms with Gasteiger partial charge in [0, 0.05) is 11.6 Å². The molecule has 0 unspecified atom stereocenters. The van der Waals surface area contributed by atoms with E-state index in [-0.39, 0.29) is 17.2 Å². The van der Waals surface area contributed by atoms with Gasteiger partial charge in [0.15, 0.2) is 9.84 Å². The highest BCUT2D eigenvalue weighted by molar-refractivity contribution is 7.91. The predicted molar refractivity (Wildman–Crippen MR) is 115 cm³/mol. The van der Waals surface area contributed by atoms with Gasteiger partial charge in [-0.15, -0.1) is 0 Å². The average molecular weight is 443 g/mol. The zero-order chi connectivity index (χ0) is 21.5. The summed E-state index contributed by atoms with van der Waals surface area (Å²) in [5.74, 6) is -0.852. The van der Waals surface area contributed by atoms with E-state index in [1.165, 1.54) is 24.3 Å². The molecule has 8 heteroatoms. The molecule has 1 aliphatic heterocycles. The van der Waals surface area contributed by atoms with Crippen LogP contribution in [0.1, 0.15) is 12.5 Å². The summed E-state index contributed by atoms with van der Waals surface area (Å²) >= 11 is 5.81. The fourth-order valence-electron chi connectivity index (χ4n) is 3.72. The summed E-state index contributed by atoms with van der Waals surface area (Å²) in [5, 5.41) is 4.97. The molecule has 0 spiro atoms. The minimum absolute atomic E-state index is 0.0933. The Morgan fingerprint density at radius 1 is 0.967 bits per heavy atom. The number of urea groups is 1. The highest BCUT2D eigenvalue weighted by Crippen LogP contribution is 2.33. The van der Waals surface area contributed by atoms with Crippen LogP contribution < -0.4 is 5.32 Å². The molecular formula is C22H19ClN2O4S. The maximum absolute atomic E-state index is 13.2. The Labute approximate surface area is 179 Å². The van der Waals surface area contributed by atoms with Crippen molar-refractivity contribution in [3.8, 4) is 0 Å². The Morgan fingerprint density at radius 2 is 1.63 bits per heavy atom. The van der Waals surface area contributed by atoms with Crippen molar-refractivity contribution >= 4 is 44.1 Å². The van der Waals surface area contributed by atoms with Crippen molar-refractivity contribution in [3.05, 3.63) is 77.3 Å². The predicted octanol–water partition coefficient (Wildman–Crippen LogP) is 3.73. The number of fused-ring (bicyclic) bond motifs is 1. The van der Waals surface area contributed by atoms with Crippen molar-refractivity contribution in [1.82, 2.24) is 10.2 Å². The van der Waals surface area contributed by atoms with E-state index in [0.717, 1.165) is 15.7 Å². The molecule has 1 saturated heterocycles. The summed E-state index contributed by atoms with van der Waals surface area (Å²) in [4.78, 5) is 26.9. The van der Waals surface area contributed by atoms with Crippen LogP contribution in [0.5, 0.6) is 0 Å². The minimum Gasteiger partial charge on any atom is -0.319 e. The molecule has 6 nitrogen and oxygen atoms in total. The van der Waals surface area contributed by atoms with Crippen molar-refractivity contribution in [1.29, 1.82) is 0 Å². The number of hydrogen-bond donors (Lipinski definition) is 1. The first kappa shape index (κ1) is 20.4. The third-order valence-corrected chi connectivity index (χ3v) is 7.32. The topological polar surface area (TPSA) is 83.6 Å². The number of nitrogens with zero attached hydrogens (tertiary/aromatic N) is 1. The van der Waals surface area contributed by atoms with E-state index in [9.17, 15) is 18.0 Å². The van der Waals surface area contributed by atoms with Crippen LogP contribution in [-0.2, 0) is 20.2 Å². The monoisotopic (exact) mass is 442 g/mol. The van der Waals surface area contributed by atoms with Crippen molar-refractivity contribution in [2.45, 2.75) is 17.4 Å². The van der Waals surface area contributed by atoms with E-state index in [4.69, 9.17) is 11.6 Å². The van der Waals surface area contributed by atoms with Crippen molar-refractivity contribution in [3.63, 3.8) is 0 Å². The molecule has 1 aliphatic rings. The molecule has 0 radical (unpaired) electrons. The quantitative estimate of drug-likeness (QED) is 0.610.